The Hall–Kier alpha value is -3.50. The molecule has 1 aromatic heterocycles. The van der Waals surface area contributed by atoms with E-state index in [0.29, 0.717) is 53.8 Å². The maximum absolute atomic E-state index is 12.9. The summed E-state index contributed by atoms with van der Waals surface area (Å²) >= 11 is 0. The summed E-state index contributed by atoms with van der Waals surface area (Å²) in [5, 5.41) is 7.52. The summed E-state index contributed by atoms with van der Waals surface area (Å²) in [7, 11) is -1.30. The second kappa shape index (κ2) is 9.40. The van der Waals surface area contributed by atoms with Crippen molar-refractivity contribution in [1.82, 2.24) is 14.7 Å². The predicted molar refractivity (Wildman–Crippen MR) is 126 cm³/mol. The molecule has 5 rings (SSSR count). The van der Waals surface area contributed by atoms with Crippen molar-refractivity contribution in [3.05, 3.63) is 59.8 Å². The fourth-order valence-corrected chi connectivity index (χ4v) is 5.50. The van der Waals surface area contributed by atoms with Crippen LogP contribution in [-0.2, 0) is 26.0 Å². The van der Waals surface area contributed by atoms with Gasteiger partial charge in [0.2, 0.25) is 0 Å². The van der Waals surface area contributed by atoms with E-state index >= 15 is 0 Å². The molecule has 1 saturated heterocycles. The predicted octanol–water partition coefficient (Wildman–Crippen LogP) is 3.20. The number of rotatable bonds is 4. The third kappa shape index (κ3) is 4.10. The van der Waals surface area contributed by atoms with Crippen LogP contribution in [0.2, 0.25) is 0 Å². The van der Waals surface area contributed by atoms with Crippen LogP contribution in [0.1, 0.15) is 23.0 Å². The zero-order valence-electron chi connectivity index (χ0n) is 18.7. The Labute approximate surface area is 199 Å². The van der Waals surface area contributed by atoms with E-state index in [-0.39, 0.29) is 24.1 Å². The van der Waals surface area contributed by atoms with Gasteiger partial charge in [-0.25, -0.2) is 14.3 Å². The summed E-state index contributed by atoms with van der Waals surface area (Å²) in [4.78, 5) is 27.8. The van der Waals surface area contributed by atoms with Crippen molar-refractivity contribution in [3.63, 3.8) is 0 Å². The minimum Gasteiger partial charge on any atom is -0.461 e. The van der Waals surface area contributed by atoms with Gasteiger partial charge in [-0.15, -0.1) is 0 Å². The molecule has 10 heteroatoms. The van der Waals surface area contributed by atoms with Crippen molar-refractivity contribution in [3.8, 4) is 16.9 Å². The van der Waals surface area contributed by atoms with Crippen LogP contribution in [0.25, 0.3) is 16.9 Å². The zero-order chi connectivity index (χ0) is 23.7. The van der Waals surface area contributed by atoms with Crippen molar-refractivity contribution in [2.75, 3.05) is 38.2 Å². The van der Waals surface area contributed by atoms with E-state index in [2.05, 4.69) is 10.4 Å². The highest BCUT2D eigenvalue weighted by atomic mass is 32.2. The topological polar surface area (TPSA) is 103 Å². The van der Waals surface area contributed by atoms with Gasteiger partial charge in [-0.1, -0.05) is 24.3 Å². The van der Waals surface area contributed by atoms with Gasteiger partial charge in [0.15, 0.2) is 5.69 Å². The number of amides is 2. The Balaban J connectivity index is 1.56. The first-order chi connectivity index (χ1) is 16.6. The maximum atomic E-state index is 12.9. The number of aromatic nitrogens is 2. The van der Waals surface area contributed by atoms with Crippen molar-refractivity contribution < 1.29 is 23.3 Å². The molecule has 1 unspecified atom stereocenters. The first-order valence-corrected chi connectivity index (χ1v) is 12.4. The SMILES string of the molecule is CCOC(=O)c1nn(-c2cccc(NC(=O)N3CCOCC3)c2)c2c1CS(=O)c1ccccc1-2. The number of fused-ring (bicyclic) bond motifs is 3. The third-order valence-electron chi connectivity index (χ3n) is 5.76. The Kier molecular flexibility index (Phi) is 6.16. The van der Waals surface area contributed by atoms with Crippen molar-refractivity contribution in [1.29, 1.82) is 0 Å². The number of carbonyl (C=O) groups excluding carboxylic acids is 2. The molecule has 2 amide bonds. The smallest absolute Gasteiger partial charge is 0.359 e. The number of hydrogen-bond acceptors (Lipinski definition) is 6. The van der Waals surface area contributed by atoms with Gasteiger partial charge >= 0.3 is 12.0 Å². The lowest BCUT2D eigenvalue weighted by Gasteiger charge is -2.27. The molecule has 176 valence electrons. The number of nitrogens with zero attached hydrogens (tertiary/aromatic N) is 3. The summed E-state index contributed by atoms with van der Waals surface area (Å²) in [5.74, 6) is -0.376. The van der Waals surface area contributed by atoms with Gasteiger partial charge in [-0.2, -0.15) is 5.10 Å². The molecule has 3 heterocycles. The monoisotopic (exact) mass is 480 g/mol. The van der Waals surface area contributed by atoms with Crippen LogP contribution >= 0.6 is 0 Å². The minimum absolute atomic E-state index is 0.155. The first kappa shape index (κ1) is 22.3. The number of nitrogens with one attached hydrogen (secondary N) is 1. The highest BCUT2D eigenvalue weighted by Crippen LogP contribution is 2.39. The normalized spacial score (nSPS) is 17.0. The fraction of sp³-hybridized carbons (Fsp3) is 0.292. The van der Waals surface area contributed by atoms with E-state index in [1.807, 2.05) is 36.4 Å². The second-order valence-electron chi connectivity index (χ2n) is 7.87. The summed E-state index contributed by atoms with van der Waals surface area (Å²) in [6.07, 6.45) is 0. The Morgan fingerprint density at radius 1 is 1.15 bits per heavy atom. The van der Waals surface area contributed by atoms with Crippen molar-refractivity contribution >= 4 is 28.5 Å². The molecule has 0 aliphatic carbocycles. The Morgan fingerprint density at radius 3 is 2.74 bits per heavy atom. The molecular weight excluding hydrogens is 456 g/mol. The summed E-state index contributed by atoms with van der Waals surface area (Å²) in [5.41, 5.74) is 3.47. The number of morpholine rings is 1. The Bertz CT molecular complexity index is 1280. The standard InChI is InChI=1S/C24H24N4O5S/c1-2-33-23(29)21-19-15-34(31)20-9-4-3-8-18(20)22(19)28(26-21)17-7-5-6-16(14-17)25-24(30)27-10-12-32-13-11-27/h3-9,14H,2,10-13,15H2,1H3,(H,25,30). The average molecular weight is 481 g/mol. The summed E-state index contributed by atoms with van der Waals surface area (Å²) in [6.45, 7) is 4.05. The van der Waals surface area contributed by atoms with Crippen LogP contribution < -0.4 is 5.32 Å². The van der Waals surface area contributed by atoms with Gasteiger partial charge in [0.25, 0.3) is 0 Å². The van der Waals surface area contributed by atoms with E-state index in [1.165, 1.54) is 0 Å². The van der Waals surface area contributed by atoms with Crippen LogP contribution in [0.15, 0.2) is 53.4 Å². The molecule has 2 aliphatic rings. The first-order valence-electron chi connectivity index (χ1n) is 11.1. The number of anilines is 1. The van der Waals surface area contributed by atoms with Crippen molar-refractivity contribution in [2.24, 2.45) is 0 Å². The van der Waals surface area contributed by atoms with E-state index in [1.54, 1.807) is 28.6 Å². The van der Waals surface area contributed by atoms with Crippen LogP contribution in [0, 0.1) is 0 Å². The van der Waals surface area contributed by atoms with Crippen LogP contribution in [-0.4, -0.2) is 63.8 Å². The molecule has 2 aliphatic heterocycles. The molecule has 3 aromatic rings. The molecule has 0 spiro atoms. The summed E-state index contributed by atoms with van der Waals surface area (Å²) in [6, 6.07) is 14.5. The molecular formula is C24H24N4O5S. The van der Waals surface area contributed by atoms with Crippen LogP contribution in [0.3, 0.4) is 0 Å². The molecule has 9 nitrogen and oxygen atoms in total. The van der Waals surface area contributed by atoms with Gasteiger partial charge in [0.1, 0.15) is 0 Å². The second-order valence-corrected chi connectivity index (χ2v) is 9.29. The van der Waals surface area contributed by atoms with Gasteiger partial charge in [0.05, 0.1) is 47.8 Å². The van der Waals surface area contributed by atoms with Gasteiger partial charge in [0, 0.05) is 34.8 Å². The molecule has 1 N–H and O–H groups in total. The molecule has 34 heavy (non-hydrogen) atoms. The number of urea groups is 1. The van der Waals surface area contributed by atoms with E-state index in [9.17, 15) is 13.8 Å². The van der Waals surface area contributed by atoms with Gasteiger partial charge in [-0.3, -0.25) is 4.21 Å². The lowest BCUT2D eigenvalue weighted by Crippen LogP contribution is -2.43. The molecule has 0 radical (unpaired) electrons. The number of esters is 1. The van der Waals surface area contributed by atoms with E-state index in [4.69, 9.17) is 9.47 Å². The van der Waals surface area contributed by atoms with Crippen LogP contribution in [0.5, 0.6) is 0 Å². The highest BCUT2D eigenvalue weighted by Gasteiger charge is 2.32. The zero-order valence-corrected chi connectivity index (χ0v) is 19.5. The number of hydrogen-bond donors (Lipinski definition) is 1. The van der Waals surface area contributed by atoms with Crippen LogP contribution in [0.4, 0.5) is 10.5 Å². The lowest BCUT2D eigenvalue weighted by molar-refractivity contribution is 0.0518. The molecule has 2 aromatic carbocycles. The fourth-order valence-electron chi connectivity index (χ4n) is 4.17. The highest BCUT2D eigenvalue weighted by molar-refractivity contribution is 7.84. The minimum atomic E-state index is -1.30. The van der Waals surface area contributed by atoms with E-state index < -0.39 is 16.8 Å². The third-order valence-corrected chi connectivity index (χ3v) is 7.15. The van der Waals surface area contributed by atoms with Crippen molar-refractivity contribution in [2.45, 2.75) is 17.6 Å². The summed E-state index contributed by atoms with van der Waals surface area (Å²) < 4.78 is 25.1. The van der Waals surface area contributed by atoms with Gasteiger partial charge < -0.3 is 19.7 Å². The largest absolute Gasteiger partial charge is 0.461 e. The molecule has 0 bridgehead atoms. The number of benzene rings is 2. The molecule has 0 saturated carbocycles. The maximum Gasteiger partial charge on any atom is 0.359 e. The quantitative estimate of drug-likeness (QED) is 0.576. The number of ether oxygens (including phenoxy) is 2. The van der Waals surface area contributed by atoms with Gasteiger partial charge in [-0.05, 0) is 31.2 Å². The van der Waals surface area contributed by atoms with E-state index in [0.717, 1.165) is 5.56 Å². The average Bonchev–Trinajstić information content (AvgIpc) is 3.25. The Morgan fingerprint density at radius 2 is 1.94 bits per heavy atom. The number of carbonyl (C=O) groups is 2. The molecule has 1 fully saturated rings. The molecule has 1 atom stereocenters. The lowest BCUT2D eigenvalue weighted by atomic mass is 10.1.